The second-order valence-corrected chi connectivity index (χ2v) is 6.04. The lowest BCUT2D eigenvalue weighted by atomic mass is 9.78. The molecule has 20 heavy (non-hydrogen) atoms. The van der Waals surface area contributed by atoms with Crippen LogP contribution < -0.4 is 0 Å². The van der Waals surface area contributed by atoms with Gasteiger partial charge in [0.15, 0.2) is 0 Å². The molecule has 0 bridgehead atoms. The molecule has 2 rings (SSSR count). The van der Waals surface area contributed by atoms with Crippen LogP contribution in [-0.2, 0) is 14.3 Å². The fraction of sp³-hybridized carbons (Fsp3) is 0.867. The van der Waals surface area contributed by atoms with Gasteiger partial charge >= 0.3 is 5.97 Å². The van der Waals surface area contributed by atoms with Gasteiger partial charge in [0.1, 0.15) is 0 Å². The Bertz CT molecular complexity index is 352. The quantitative estimate of drug-likeness (QED) is 0.855. The molecule has 1 saturated heterocycles. The van der Waals surface area contributed by atoms with Crippen LogP contribution in [0.25, 0.3) is 0 Å². The maximum atomic E-state index is 12.5. The predicted molar refractivity (Wildman–Crippen MR) is 74.3 cm³/mol. The molecule has 1 heterocycles. The molecule has 1 aliphatic heterocycles. The molecule has 2 fully saturated rings. The van der Waals surface area contributed by atoms with Crippen molar-refractivity contribution in [2.45, 2.75) is 51.0 Å². The van der Waals surface area contributed by atoms with E-state index in [9.17, 15) is 14.7 Å². The smallest absolute Gasteiger partial charge is 0.307 e. The van der Waals surface area contributed by atoms with Gasteiger partial charge in [0.2, 0.25) is 5.91 Å². The molecule has 3 atom stereocenters. The van der Waals surface area contributed by atoms with Gasteiger partial charge < -0.3 is 14.7 Å². The number of aliphatic carboxylic acids is 1. The highest BCUT2D eigenvalue weighted by Gasteiger charge is 2.37. The topological polar surface area (TPSA) is 66.8 Å². The zero-order valence-corrected chi connectivity index (χ0v) is 12.2. The van der Waals surface area contributed by atoms with Gasteiger partial charge in [-0.2, -0.15) is 0 Å². The number of carbonyl (C=O) groups is 2. The third-order valence-corrected chi connectivity index (χ3v) is 4.53. The SMILES string of the molecule is CN(CC1CCCCO1)C(=O)[C@@H]1CCCC[C@@H]1C(=O)O. The highest BCUT2D eigenvalue weighted by Crippen LogP contribution is 2.31. The van der Waals surface area contributed by atoms with E-state index in [2.05, 4.69) is 0 Å². The van der Waals surface area contributed by atoms with Crippen molar-refractivity contribution in [2.24, 2.45) is 11.8 Å². The molecule has 0 aromatic rings. The molecular formula is C15H25NO4. The van der Waals surface area contributed by atoms with E-state index in [1.54, 1.807) is 11.9 Å². The molecule has 5 nitrogen and oxygen atoms in total. The van der Waals surface area contributed by atoms with Crippen LogP contribution in [0, 0.1) is 11.8 Å². The first-order valence-electron chi connectivity index (χ1n) is 7.69. The fourth-order valence-electron chi connectivity index (χ4n) is 3.35. The number of hydrogen-bond acceptors (Lipinski definition) is 3. The minimum absolute atomic E-state index is 0.0220. The minimum Gasteiger partial charge on any atom is -0.481 e. The number of amides is 1. The number of carboxylic acid groups (broad SMARTS) is 1. The molecule has 0 aromatic carbocycles. The van der Waals surface area contributed by atoms with Crippen LogP contribution in [0.3, 0.4) is 0 Å². The Morgan fingerprint density at radius 3 is 2.35 bits per heavy atom. The Morgan fingerprint density at radius 1 is 1.10 bits per heavy atom. The number of nitrogens with zero attached hydrogens (tertiary/aromatic N) is 1. The van der Waals surface area contributed by atoms with Crippen molar-refractivity contribution >= 4 is 11.9 Å². The summed E-state index contributed by atoms with van der Waals surface area (Å²) >= 11 is 0. The molecule has 1 N–H and O–H groups in total. The Labute approximate surface area is 120 Å². The third kappa shape index (κ3) is 3.72. The molecule has 1 aliphatic carbocycles. The van der Waals surface area contributed by atoms with Gasteiger partial charge in [0.25, 0.3) is 0 Å². The second-order valence-electron chi connectivity index (χ2n) is 6.04. The van der Waals surface area contributed by atoms with Gasteiger partial charge in [-0.05, 0) is 32.1 Å². The fourth-order valence-corrected chi connectivity index (χ4v) is 3.35. The van der Waals surface area contributed by atoms with Crippen LogP contribution in [0.5, 0.6) is 0 Å². The first-order valence-corrected chi connectivity index (χ1v) is 7.69. The largest absolute Gasteiger partial charge is 0.481 e. The maximum Gasteiger partial charge on any atom is 0.307 e. The lowest BCUT2D eigenvalue weighted by Crippen LogP contribution is -2.44. The van der Waals surface area contributed by atoms with Crippen LogP contribution in [0.4, 0.5) is 0 Å². The maximum absolute atomic E-state index is 12.5. The number of likely N-dealkylation sites (N-methyl/N-ethyl adjacent to an activating group) is 1. The van der Waals surface area contributed by atoms with Crippen molar-refractivity contribution in [3.05, 3.63) is 0 Å². The van der Waals surface area contributed by atoms with E-state index in [-0.39, 0.29) is 17.9 Å². The molecule has 0 radical (unpaired) electrons. The molecule has 2 aliphatic rings. The standard InChI is InChI=1S/C15H25NO4/c1-16(10-11-6-4-5-9-20-11)14(17)12-7-2-3-8-13(12)15(18)19/h11-13H,2-10H2,1H3,(H,18,19)/t11?,12-,13+/m1/s1. The van der Waals surface area contributed by atoms with Crippen molar-refractivity contribution < 1.29 is 19.4 Å². The average Bonchev–Trinajstić information content (AvgIpc) is 2.47. The molecule has 114 valence electrons. The lowest BCUT2D eigenvalue weighted by molar-refractivity contribution is -0.152. The normalized spacial score (nSPS) is 30.8. The van der Waals surface area contributed by atoms with E-state index < -0.39 is 11.9 Å². The van der Waals surface area contributed by atoms with Gasteiger partial charge in [0, 0.05) is 20.2 Å². The van der Waals surface area contributed by atoms with E-state index in [1.807, 2.05) is 0 Å². The van der Waals surface area contributed by atoms with Gasteiger partial charge in [-0.1, -0.05) is 12.8 Å². The molecule has 0 spiro atoms. The summed E-state index contributed by atoms with van der Waals surface area (Å²) in [4.78, 5) is 25.5. The Hall–Kier alpha value is -1.10. The molecule has 1 amide bonds. The number of rotatable bonds is 4. The highest BCUT2D eigenvalue weighted by molar-refractivity contribution is 5.84. The summed E-state index contributed by atoms with van der Waals surface area (Å²) in [5.74, 6) is -1.71. The van der Waals surface area contributed by atoms with E-state index in [1.165, 1.54) is 0 Å². The summed E-state index contributed by atoms with van der Waals surface area (Å²) in [5.41, 5.74) is 0. The zero-order valence-electron chi connectivity index (χ0n) is 12.2. The number of ether oxygens (including phenoxy) is 1. The summed E-state index contributed by atoms with van der Waals surface area (Å²) in [6.07, 6.45) is 6.54. The Kier molecular flexibility index (Phi) is 5.40. The average molecular weight is 283 g/mol. The van der Waals surface area contributed by atoms with Crippen molar-refractivity contribution in [1.82, 2.24) is 4.90 Å². The number of carbonyl (C=O) groups excluding carboxylic acids is 1. The summed E-state index contributed by atoms with van der Waals surface area (Å²) in [6, 6.07) is 0. The van der Waals surface area contributed by atoms with Crippen molar-refractivity contribution in [3.63, 3.8) is 0 Å². The zero-order chi connectivity index (χ0) is 14.5. The van der Waals surface area contributed by atoms with Crippen molar-refractivity contribution in [3.8, 4) is 0 Å². The molecular weight excluding hydrogens is 258 g/mol. The summed E-state index contributed by atoms with van der Waals surface area (Å²) in [7, 11) is 1.77. The van der Waals surface area contributed by atoms with Crippen LogP contribution in [0.1, 0.15) is 44.9 Å². The Balaban J connectivity index is 1.92. The molecule has 1 unspecified atom stereocenters. The Morgan fingerprint density at radius 2 is 1.75 bits per heavy atom. The van der Waals surface area contributed by atoms with Crippen LogP contribution in [0.2, 0.25) is 0 Å². The first-order chi connectivity index (χ1) is 9.59. The summed E-state index contributed by atoms with van der Waals surface area (Å²) in [5, 5.41) is 9.27. The van der Waals surface area contributed by atoms with Gasteiger partial charge in [0.05, 0.1) is 17.9 Å². The molecule has 5 heteroatoms. The third-order valence-electron chi connectivity index (χ3n) is 4.53. The summed E-state index contributed by atoms with van der Waals surface area (Å²) in [6.45, 7) is 1.36. The predicted octanol–water partition coefficient (Wildman–Crippen LogP) is 1.90. The van der Waals surface area contributed by atoms with Gasteiger partial charge in [-0.15, -0.1) is 0 Å². The highest BCUT2D eigenvalue weighted by atomic mass is 16.5. The second kappa shape index (κ2) is 7.07. The number of carboxylic acids is 1. The van der Waals surface area contributed by atoms with Crippen LogP contribution in [0.15, 0.2) is 0 Å². The van der Waals surface area contributed by atoms with Crippen molar-refractivity contribution in [1.29, 1.82) is 0 Å². The summed E-state index contributed by atoms with van der Waals surface area (Å²) < 4.78 is 5.65. The van der Waals surface area contributed by atoms with E-state index in [0.717, 1.165) is 38.7 Å². The first kappa shape index (κ1) is 15.3. The lowest BCUT2D eigenvalue weighted by Gasteiger charge is -2.33. The van der Waals surface area contributed by atoms with Crippen LogP contribution >= 0.6 is 0 Å². The monoisotopic (exact) mass is 283 g/mol. The number of hydrogen-bond donors (Lipinski definition) is 1. The van der Waals surface area contributed by atoms with Crippen molar-refractivity contribution in [2.75, 3.05) is 20.2 Å². The van der Waals surface area contributed by atoms with Gasteiger partial charge in [-0.25, -0.2) is 0 Å². The van der Waals surface area contributed by atoms with E-state index >= 15 is 0 Å². The molecule has 0 aromatic heterocycles. The van der Waals surface area contributed by atoms with Gasteiger partial charge in [-0.3, -0.25) is 9.59 Å². The molecule has 1 saturated carbocycles. The minimum atomic E-state index is -0.828. The van der Waals surface area contributed by atoms with Crippen LogP contribution in [-0.4, -0.2) is 48.2 Å². The van der Waals surface area contributed by atoms with E-state index in [4.69, 9.17) is 4.74 Å². The van der Waals surface area contributed by atoms with E-state index in [0.29, 0.717) is 19.4 Å².